The van der Waals surface area contributed by atoms with E-state index < -0.39 is 45.6 Å². The number of methoxy groups -OCH3 is 3. The molecule has 0 aromatic carbocycles. The van der Waals surface area contributed by atoms with Crippen LogP contribution >= 0.6 is 11.6 Å². The molecule has 1 aliphatic rings. The van der Waals surface area contributed by atoms with Crippen LogP contribution < -0.4 is 14.2 Å². The quantitative estimate of drug-likeness (QED) is 0.397. The minimum Gasteiger partial charge on any atom is -0.479 e. The summed E-state index contributed by atoms with van der Waals surface area (Å²) in [4.78, 5) is 16.0. The van der Waals surface area contributed by atoms with Gasteiger partial charge < -0.3 is 14.2 Å². The van der Waals surface area contributed by atoms with Gasteiger partial charge in [0.05, 0.1) is 25.2 Å². The Labute approximate surface area is 209 Å². The Morgan fingerprint density at radius 3 is 2.19 bits per heavy atom. The number of halogens is 3. The minimum atomic E-state index is -4.29. The van der Waals surface area contributed by atoms with Crippen molar-refractivity contribution in [1.82, 2.24) is 34.7 Å². The van der Waals surface area contributed by atoms with Gasteiger partial charge in [0.25, 0.3) is 5.92 Å². The summed E-state index contributed by atoms with van der Waals surface area (Å²) >= 11 is 5.82. The Morgan fingerprint density at radius 1 is 1.11 bits per heavy atom. The first kappa shape index (κ1) is 25.8. The average Bonchev–Trinajstić information content (AvgIpc) is 3.30. The Kier molecular flexibility index (Phi) is 6.94. The van der Waals surface area contributed by atoms with Crippen molar-refractivity contribution >= 4 is 27.6 Å². The number of nitrogens with one attached hydrogen (secondary N) is 1. The largest absolute Gasteiger partial charge is 0.479 e. The molecule has 3 atom stereocenters. The summed E-state index contributed by atoms with van der Waals surface area (Å²) in [6.45, 7) is 1.36. The first-order valence-electron chi connectivity index (χ1n) is 10.3. The zero-order chi connectivity index (χ0) is 26.3. The number of hydrogen-bond acceptors (Lipinski definition) is 11. The zero-order valence-corrected chi connectivity index (χ0v) is 21.0. The van der Waals surface area contributed by atoms with Gasteiger partial charge in [-0.3, -0.25) is 9.29 Å². The van der Waals surface area contributed by atoms with Crippen LogP contribution in [-0.4, -0.2) is 75.6 Å². The topological polar surface area (TPSA) is 156 Å². The summed E-state index contributed by atoms with van der Waals surface area (Å²) in [5, 5.41) is 6.68. The van der Waals surface area contributed by atoms with Crippen molar-refractivity contribution in [3.8, 4) is 17.4 Å². The van der Waals surface area contributed by atoms with Gasteiger partial charge in [0, 0.05) is 25.9 Å². The van der Waals surface area contributed by atoms with E-state index in [1.807, 2.05) is 0 Å². The predicted octanol–water partition coefficient (Wildman–Crippen LogP) is 2.16. The number of alkyl halides is 2. The molecule has 13 nitrogen and oxygen atoms in total. The van der Waals surface area contributed by atoms with Crippen molar-refractivity contribution in [2.45, 2.75) is 36.5 Å². The fourth-order valence-electron chi connectivity index (χ4n) is 3.50. The molecule has 0 spiro atoms. The fraction of sp³-hybridized carbons (Fsp3) is 0.474. The van der Waals surface area contributed by atoms with Crippen LogP contribution in [0.5, 0.6) is 11.8 Å². The summed E-state index contributed by atoms with van der Waals surface area (Å²) in [7, 11) is -0.414. The zero-order valence-electron chi connectivity index (χ0n) is 19.4. The second kappa shape index (κ2) is 9.67. The van der Waals surface area contributed by atoms with Crippen LogP contribution in [0.2, 0.25) is 5.02 Å². The van der Waals surface area contributed by atoms with E-state index in [1.165, 1.54) is 40.6 Å². The highest BCUT2D eigenvalue weighted by molar-refractivity contribution is 7.93. The third-order valence-electron chi connectivity index (χ3n) is 5.49. The molecule has 194 valence electrons. The Bertz CT molecular complexity index is 1340. The van der Waals surface area contributed by atoms with Crippen molar-refractivity contribution in [3.05, 3.63) is 35.4 Å². The Balaban J connectivity index is 1.78. The smallest absolute Gasteiger partial charge is 0.259 e. The van der Waals surface area contributed by atoms with E-state index in [4.69, 9.17) is 25.8 Å². The highest BCUT2D eigenvalue weighted by atomic mass is 35.5. The molecule has 0 aliphatic heterocycles. The fourth-order valence-corrected chi connectivity index (χ4v) is 4.73. The molecule has 3 aromatic heterocycles. The lowest BCUT2D eigenvalue weighted by molar-refractivity contribution is 0.0950. The van der Waals surface area contributed by atoms with Gasteiger partial charge in [-0.25, -0.2) is 27.2 Å². The monoisotopic (exact) mass is 546 g/mol. The highest BCUT2D eigenvalue weighted by Crippen LogP contribution is 2.56. The number of ether oxygens (including phenoxy) is 3. The second-order valence-corrected chi connectivity index (χ2v) is 10.2. The molecule has 0 radical (unpaired) electrons. The molecular weight excluding hydrogens is 526 g/mol. The second-order valence-electron chi connectivity index (χ2n) is 7.74. The van der Waals surface area contributed by atoms with Gasteiger partial charge >= 0.3 is 0 Å². The van der Waals surface area contributed by atoms with Crippen LogP contribution in [-0.2, 0) is 14.8 Å². The van der Waals surface area contributed by atoms with Gasteiger partial charge in [-0.15, -0.1) is 10.2 Å². The first-order valence-corrected chi connectivity index (χ1v) is 12.2. The number of rotatable bonds is 10. The minimum absolute atomic E-state index is 0.0557. The Hall–Kier alpha value is -3.24. The number of sulfonamides is 1. The highest BCUT2D eigenvalue weighted by Gasteiger charge is 2.60. The molecule has 1 N–H and O–H groups in total. The van der Waals surface area contributed by atoms with Crippen molar-refractivity contribution in [1.29, 1.82) is 0 Å². The van der Waals surface area contributed by atoms with Crippen molar-refractivity contribution in [3.63, 3.8) is 0 Å². The maximum atomic E-state index is 14.0. The predicted molar refractivity (Wildman–Crippen MR) is 121 cm³/mol. The van der Waals surface area contributed by atoms with Crippen LogP contribution in [0.1, 0.15) is 37.0 Å². The van der Waals surface area contributed by atoms with Gasteiger partial charge in [-0.1, -0.05) is 11.6 Å². The SMILES string of the molecule is COc1ncnc(OC)c1-n1c(NS(=O)(=O)C(C)C(OC)c2ncc(Cl)cn2)nnc1[C@H]1CC1(F)F. The Morgan fingerprint density at radius 2 is 1.69 bits per heavy atom. The van der Waals surface area contributed by atoms with Gasteiger partial charge in [-0.05, 0) is 6.92 Å². The lowest BCUT2D eigenvalue weighted by Crippen LogP contribution is -2.33. The average molecular weight is 547 g/mol. The molecule has 0 bridgehead atoms. The molecule has 0 saturated heterocycles. The molecule has 0 amide bonds. The van der Waals surface area contributed by atoms with E-state index in [-0.39, 0.29) is 34.1 Å². The lowest BCUT2D eigenvalue weighted by atomic mass is 10.2. The van der Waals surface area contributed by atoms with Crippen molar-refractivity contribution in [2.75, 3.05) is 26.1 Å². The van der Waals surface area contributed by atoms with E-state index in [0.29, 0.717) is 0 Å². The molecule has 3 heterocycles. The van der Waals surface area contributed by atoms with Gasteiger partial charge in [-0.2, -0.15) is 9.97 Å². The van der Waals surface area contributed by atoms with E-state index in [2.05, 4.69) is 34.9 Å². The number of anilines is 1. The molecule has 36 heavy (non-hydrogen) atoms. The normalized spacial score (nSPS) is 18.4. The summed E-state index contributed by atoms with van der Waals surface area (Å²) in [6.07, 6.45) is 2.14. The summed E-state index contributed by atoms with van der Waals surface area (Å²) < 4.78 is 74.0. The van der Waals surface area contributed by atoms with E-state index in [0.717, 1.165) is 10.9 Å². The molecule has 3 aromatic rings. The maximum absolute atomic E-state index is 14.0. The molecule has 1 aliphatic carbocycles. The van der Waals surface area contributed by atoms with Crippen LogP contribution in [0, 0.1) is 0 Å². The van der Waals surface area contributed by atoms with Gasteiger partial charge in [0.15, 0.2) is 11.5 Å². The van der Waals surface area contributed by atoms with Gasteiger partial charge in [0.1, 0.15) is 23.5 Å². The van der Waals surface area contributed by atoms with Crippen LogP contribution in [0.4, 0.5) is 14.7 Å². The van der Waals surface area contributed by atoms with E-state index in [9.17, 15) is 17.2 Å². The molecule has 17 heteroatoms. The molecular formula is C19H21ClF2N8O5S. The van der Waals surface area contributed by atoms with Crippen LogP contribution in [0.15, 0.2) is 18.7 Å². The summed E-state index contributed by atoms with van der Waals surface area (Å²) in [6, 6.07) is 0. The van der Waals surface area contributed by atoms with E-state index >= 15 is 0 Å². The van der Waals surface area contributed by atoms with Gasteiger partial charge in [0.2, 0.25) is 27.7 Å². The molecule has 1 fully saturated rings. The lowest BCUT2D eigenvalue weighted by Gasteiger charge is -2.22. The summed E-state index contributed by atoms with van der Waals surface area (Å²) in [5.41, 5.74) is -0.0557. The number of nitrogens with zero attached hydrogens (tertiary/aromatic N) is 7. The molecule has 1 saturated carbocycles. The standard InChI is InChI=1S/C19H21ClF2N8O5S/c1-9(13(33-2)14-23-6-10(20)7-24-14)36(31,32)29-18-28-27-15(11-5-19(11,21)22)30(18)12-16(34-3)25-8-26-17(12)35-4/h6-9,11,13H,5H2,1-4H3,(H,28,29)/t9?,11-,13?/m1/s1. The summed E-state index contributed by atoms with van der Waals surface area (Å²) in [5.74, 6) is -5.07. The number of hydrogen-bond donors (Lipinski definition) is 1. The molecule has 4 rings (SSSR count). The molecule has 2 unspecified atom stereocenters. The third kappa shape index (κ3) is 4.75. The maximum Gasteiger partial charge on any atom is 0.259 e. The number of aromatic nitrogens is 7. The van der Waals surface area contributed by atoms with E-state index in [1.54, 1.807) is 0 Å². The van der Waals surface area contributed by atoms with Crippen LogP contribution in [0.25, 0.3) is 5.69 Å². The van der Waals surface area contributed by atoms with Crippen molar-refractivity contribution < 1.29 is 31.4 Å². The first-order chi connectivity index (χ1) is 17.0. The van der Waals surface area contributed by atoms with Crippen LogP contribution in [0.3, 0.4) is 0 Å². The third-order valence-corrected chi connectivity index (χ3v) is 7.38. The van der Waals surface area contributed by atoms with Crippen molar-refractivity contribution in [2.24, 2.45) is 0 Å².